The molecule has 1 saturated carbocycles. The molecule has 1 heterocycles. The van der Waals surface area contributed by atoms with Crippen LogP contribution in [0.5, 0.6) is 5.75 Å². The van der Waals surface area contributed by atoms with E-state index in [1.165, 1.54) is 16.4 Å². The Morgan fingerprint density at radius 2 is 1.79 bits per heavy atom. The highest BCUT2D eigenvalue weighted by atomic mass is 35.5. The fourth-order valence-corrected chi connectivity index (χ4v) is 5.20. The topological polar surface area (TPSA) is 86.7 Å². The molecular formula is C15H18Cl2N2O4S. The zero-order chi connectivity index (χ0) is 17.5. The van der Waals surface area contributed by atoms with Gasteiger partial charge in [-0.25, -0.2) is 12.7 Å². The second-order valence-corrected chi connectivity index (χ2v) is 9.23. The minimum atomic E-state index is -3.17. The summed E-state index contributed by atoms with van der Waals surface area (Å²) in [5.74, 6) is -0.785. The Labute approximate surface area is 150 Å². The van der Waals surface area contributed by atoms with Gasteiger partial charge in [-0.05, 0) is 37.8 Å². The summed E-state index contributed by atoms with van der Waals surface area (Å²) in [5.41, 5.74) is 0.0144. The molecule has 2 fully saturated rings. The van der Waals surface area contributed by atoms with Crippen molar-refractivity contribution in [1.82, 2.24) is 9.62 Å². The molecule has 3 rings (SSSR count). The number of nitrogens with zero attached hydrogens (tertiary/aromatic N) is 1. The largest absolute Gasteiger partial charge is 0.506 e. The average molecular weight is 393 g/mol. The van der Waals surface area contributed by atoms with Crippen LogP contribution in [0, 0.1) is 0 Å². The Kier molecular flexibility index (Phi) is 4.97. The van der Waals surface area contributed by atoms with Crippen molar-refractivity contribution in [1.29, 1.82) is 0 Å². The van der Waals surface area contributed by atoms with Crippen LogP contribution in [0.3, 0.4) is 0 Å². The number of rotatable bonds is 4. The molecule has 0 spiro atoms. The van der Waals surface area contributed by atoms with Crippen molar-refractivity contribution < 1.29 is 18.3 Å². The van der Waals surface area contributed by atoms with Gasteiger partial charge in [0.1, 0.15) is 5.75 Å². The van der Waals surface area contributed by atoms with Crippen molar-refractivity contribution in [3.8, 4) is 5.75 Å². The monoisotopic (exact) mass is 392 g/mol. The summed E-state index contributed by atoms with van der Waals surface area (Å²) >= 11 is 11.7. The van der Waals surface area contributed by atoms with Gasteiger partial charge in [0.25, 0.3) is 5.91 Å². The Morgan fingerprint density at radius 1 is 1.17 bits per heavy atom. The van der Waals surface area contributed by atoms with E-state index in [9.17, 15) is 18.3 Å². The molecule has 0 atom stereocenters. The van der Waals surface area contributed by atoms with Gasteiger partial charge in [-0.15, -0.1) is 0 Å². The van der Waals surface area contributed by atoms with Gasteiger partial charge in [-0.1, -0.05) is 23.2 Å². The predicted molar refractivity (Wildman–Crippen MR) is 92.1 cm³/mol. The van der Waals surface area contributed by atoms with Crippen molar-refractivity contribution in [3.05, 3.63) is 27.7 Å². The number of hydrogen-bond donors (Lipinski definition) is 2. The zero-order valence-electron chi connectivity index (χ0n) is 12.8. The predicted octanol–water partition coefficient (Wildman–Crippen LogP) is 2.39. The number of benzene rings is 1. The molecule has 1 saturated heterocycles. The first-order valence-corrected chi connectivity index (χ1v) is 10.0. The molecular weight excluding hydrogens is 375 g/mol. The molecule has 9 heteroatoms. The van der Waals surface area contributed by atoms with E-state index in [2.05, 4.69) is 5.32 Å². The maximum Gasteiger partial charge on any atom is 0.255 e. The van der Waals surface area contributed by atoms with E-state index in [4.69, 9.17) is 23.2 Å². The van der Waals surface area contributed by atoms with E-state index >= 15 is 0 Å². The second-order valence-electron chi connectivity index (χ2n) is 6.17. The van der Waals surface area contributed by atoms with Crippen molar-refractivity contribution in [2.24, 2.45) is 0 Å². The lowest BCUT2D eigenvalue weighted by Crippen LogP contribution is -2.47. The summed E-state index contributed by atoms with van der Waals surface area (Å²) in [6.45, 7) is 0.790. The van der Waals surface area contributed by atoms with Crippen LogP contribution < -0.4 is 5.32 Å². The van der Waals surface area contributed by atoms with Crippen LogP contribution in [-0.2, 0) is 10.0 Å². The lowest BCUT2D eigenvalue weighted by Gasteiger charge is -2.31. The Morgan fingerprint density at radius 3 is 2.38 bits per heavy atom. The van der Waals surface area contributed by atoms with Crippen molar-refractivity contribution in [2.75, 3.05) is 13.1 Å². The molecule has 1 aliphatic heterocycles. The first-order valence-electron chi connectivity index (χ1n) is 7.77. The van der Waals surface area contributed by atoms with Gasteiger partial charge in [0.2, 0.25) is 10.0 Å². The highest BCUT2D eigenvalue weighted by molar-refractivity contribution is 7.90. The molecule has 1 aromatic carbocycles. The fraction of sp³-hybridized carbons (Fsp3) is 0.533. The summed E-state index contributed by atoms with van der Waals surface area (Å²) in [6.07, 6.45) is 2.56. The summed E-state index contributed by atoms with van der Waals surface area (Å²) < 4.78 is 25.9. The molecule has 0 aromatic heterocycles. The quantitative estimate of drug-likeness (QED) is 0.823. The molecule has 6 nitrogen and oxygen atoms in total. The maximum absolute atomic E-state index is 12.3. The first kappa shape index (κ1) is 17.8. The molecule has 132 valence electrons. The van der Waals surface area contributed by atoms with Crippen LogP contribution in [0.4, 0.5) is 0 Å². The standard InChI is InChI=1S/C15H18Cl2N2O4S/c16-9-7-12(14(20)13(17)8-9)15(21)18-10-3-5-19(6-4-10)24(22,23)11-1-2-11/h7-8,10-11,20H,1-6H2,(H,18,21). The normalized spacial score (nSPS) is 20.1. The third-order valence-corrected chi connectivity index (χ3v) is 7.27. The van der Waals surface area contributed by atoms with Crippen LogP contribution in [0.1, 0.15) is 36.0 Å². The maximum atomic E-state index is 12.3. The second kappa shape index (κ2) is 6.71. The van der Waals surface area contributed by atoms with Gasteiger partial charge in [-0.3, -0.25) is 4.79 Å². The SMILES string of the molecule is O=C(NC1CCN(S(=O)(=O)C2CC2)CC1)c1cc(Cl)cc(Cl)c1O. The molecule has 1 aromatic rings. The average Bonchev–Trinajstić information content (AvgIpc) is 3.36. The highest BCUT2D eigenvalue weighted by Crippen LogP contribution is 2.33. The number of sulfonamides is 1. The van der Waals surface area contributed by atoms with Gasteiger partial charge in [0.15, 0.2) is 0 Å². The van der Waals surface area contributed by atoms with Crippen LogP contribution in [0.2, 0.25) is 10.0 Å². The van der Waals surface area contributed by atoms with E-state index < -0.39 is 15.9 Å². The van der Waals surface area contributed by atoms with E-state index in [-0.39, 0.29) is 32.7 Å². The molecule has 1 amide bonds. The summed E-state index contributed by atoms with van der Waals surface area (Å²) in [5, 5.41) is 12.8. The summed E-state index contributed by atoms with van der Waals surface area (Å²) in [6, 6.07) is 2.56. The van der Waals surface area contributed by atoms with Gasteiger partial charge in [-0.2, -0.15) is 0 Å². The number of phenols is 1. The van der Waals surface area contributed by atoms with E-state index in [0.29, 0.717) is 25.9 Å². The molecule has 24 heavy (non-hydrogen) atoms. The molecule has 1 aliphatic carbocycles. The van der Waals surface area contributed by atoms with Crippen LogP contribution in [0.15, 0.2) is 12.1 Å². The smallest absolute Gasteiger partial charge is 0.255 e. The van der Waals surface area contributed by atoms with E-state index in [0.717, 1.165) is 12.8 Å². The van der Waals surface area contributed by atoms with Crippen LogP contribution in [0.25, 0.3) is 0 Å². The van der Waals surface area contributed by atoms with Crippen LogP contribution in [-0.4, -0.2) is 48.1 Å². The molecule has 0 radical (unpaired) electrons. The number of carbonyl (C=O) groups is 1. The van der Waals surface area contributed by atoms with Gasteiger partial charge in [0.05, 0.1) is 15.8 Å². The number of hydrogen-bond acceptors (Lipinski definition) is 4. The number of amides is 1. The summed E-state index contributed by atoms with van der Waals surface area (Å²) in [4.78, 5) is 12.3. The number of carbonyl (C=O) groups excluding carboxylic acids is 1. The van der Waals surface area contributed by atoms with Crippen molar-refractivity contribution in [3.63, 3.8) is 0 Å². The van der Waals surface area contributed by atoms with Crippen molar-refractivity contribution >= 4 is 39.1 Å². The minimum Gasteiger partial charge on any atom is -0.506 e. The molecule has 0 bridgehead atoms. The Balaban J connectivity index is 1.61. The number of halogens is 2. The van der Waals surface area contributed by atoms with Gasteiger partial charge in [0, 0.05) is 24.2 Å². The molecule has 2 N–H and O–H groups in total. The van der Waals surface area contributed by atoms with E-state index in [1.807, 2.05) is 0 Å². The number of phenolic OH excluding ortho intramolecular Hbond substituents is 1. The first-order chi connectivity index (χ1) is 11.3. The highest BCUT2D eigenvalue weighted by Gasteiger charge is 2.41. The summed E-state index contributed by atoms with van der Waals surface area (Å²) in [7, 11) is -3.17. The van der Waals surface area contributed by atoms with Crippen LogP contribution >= 0.6 is 23.2 Å². The molecule has 0 unspecified atom stereocenters. The zero-order valence-corrected chi connectivity index (χ0v) is 15.2. The van der Waals surface area contributed by atoms with E-state index in [1.54, 1.807) is 0 Å². The lowest BCUT2D eigenvalue weighted by atomic mass is 10.1. The third-order valence-electron chi connectivity index (χ3n) is 4.37. The number of piperidine rings is 1. The molecule has 2 aliphatic rings. The Bertz CT molecular complexity index is 757. The number of aromatic hydroxyl groups is 1. The van der Waals surface area contributed by atoms with Crippen molar-refractivity contribution in [2.45, 2.75) is 37.0 Å². The number of nitrogens with one attached hydrogen (secondary N) is 1. The minimum absolute atomic E-state index is 0.0120. The van der Waals surface area contributed by atoms with Gasteiger partial charge < -0.3 is 10.4 Å². The third kappa shape index (κ3) is 3.64. The van der Waals surface area contributed by atoms with Gasteiger partial charge >= 0.3 is 0 Å². The lowest BCUT2D eigenvalue weighted by molar-refractivity contribution is 0.0921. The Hall–Kier alpha value is -1.02. The fourth-order valence-electron chi connectivity index (χ4n) is 2.83.